The van der Waals surface area contributed by atoms with E-state index in [9.17, 15) is 0 Å². The van der Waals surface area contributed by atoms with Crippen LogP contribution in [-0.4, -0.2) is 18.2 Å². The van der Waals surface area contributed by atoms with Crippen LogP contribution in [0.3, 0.4) is 0 Å². The van der Waals surface area contributed by atoms with Crippen LogP contribution in [0, 0.1) is 0 Å². The van der Waals surface area contributed by atoms with E-state index in [1.54, 1.807) is 7.11 Å². The third kappa shape index (κ3) is 2.29. The number of benzene rings is 1. The molecule has 3 heteroatoms. The van der Waals surface area contributed by atoms with Crippen molar-refractivity contribution in [3.8, 4) is 5.75 Å². The Morgan fingerprint density at radius 1 is 1.35 bits per heavy atom. The molecule has 2 aromatic rings. The lowest BCUT2D eigenvalue weighted by molar-refractivity contribution is 0.415. The topological polar surface area (TPSA) is 40.2 Å². The van der Waals surface area contributed by atoms with E-state index in [4.69, 9.17) is 10.5 Å². The van der Waals surface area contributed by atoms with Crippen molar-refractivity contribution in [1.82, 2.24) is 4.57 Å². The van der Waals surface area contributed by atoms with E-state index in [-0.39, 0.29) is 0 Å². The van der Waals surface area contributed by atoms with Crippen molar-refractivity contribution in [3.05, 3.63) is 30.0 Å². The molecule has 2 rings (SSSR count). The predicted molar refractivity (Wildman–Crippen MR) is 71.5 cm³/mol. The summed E-state index contributed by atoms with van der Waals surface area (Å²) in [4.78, 5) is 0. The van der Waals surface area contributed by atoms with E-state index in [0.717, 1.165) is 31.7 Å². The second-order valence-corrected chi connectivity index (χ2v) is 4.23. The number of aryl methyl sites for hydroxylation is 2. The van der Waals surface area contributed by atoms with Gasteiger partial charge in [-0.2, -0.15) is 0 Å². The summed E-state index contributed by atoms with van der Waals surface area (Å²) in [5.41, 5.74) is 8.21. The van der Waals surface area contributed by atoms with Gasteiger partial charge in [0.1, 0.15) is 5.75 Å². The lowest BCUT2D eigenvalue weighted by atomic mass is 10.1. The van der Waals surface area contributed by atoms with Crippen molar-refractivity contribution in [2.24, 2.45) is 5.73 Å². The Hall–Kier alpha value is -1.48. The molecule has 0 fully saturated rings. The molecule has 1 heterocycles. The smallest absolute Gasteiger partial charge is 0.120 e. The van der Waals surface area contributed by atoms with Crippen LogP contribution in [0.15, 0.2) is 24.4 Å². The number of nitrogens with two attached hydrogens (primary N) is 1. The highest BCUT2D eigenvalue weighted by Crippen LogP contribution is 2.26. The van der Waals surface area contributed by atoms with Crippen molar-refractivity contribution < 1.29 is 4.74 Å². The van der Waals surface area contributed by atoms with Gasteiger partial charge in [0, 0.05) is 24.2 Å². The van der Waals surface area contributed by atoms with Crippen molar-refractivity contribution in [1.29, 1.82) is 0 Å². The van der Waals surface area contributed by atoms with Crippen LogP contribution in [0.1, 0.15) is 18.9 Å². The van der Waals surface area contributed by atoms with Gasteiger partial charge in [0.05, 0.1) is 12.6 Å². The minimum atomic E-state index is 0.727. The lowest BCUT2D eigenvalue weighted by Crippen LogP contribution is -2.04. The first-order valence-electron chi connectivity index (χ1n) is 6.16. The number of rotatable bonds is 5. The summed E-state index contributed by atoms with van der Waals surface area (Å²) < 4.78 is 7.57. The van der Waals surface area contributed by atoms with E-state index >= 15 is 0 Å². The maximum atomic E-state index is 5.58. The number of hydrogen-bond donors (Lipinski definition) is 1. The largest absolute Gasteiger partial charge is 0.497 e. The zero-order valence-electron chi connectivity index (χ0n) is 10.6. The summed E-state index contributed by atoms with van der Waals surface area (Å²) in [6.07, 6.45) is 4.29. The summed E-state index contributed by atoms with van der Waals surface area (Å²) in [5, 5.41) is 1.32. The predicted octanol–water partition coefficient (Wildman–Crippen LogP) is 2.56. The number of ether oxygens (including phenoxy) is 1. The number of methoxy groups -OCH3 is 1. The van der Waals surface area contributed by atoms with E-state index in [2.05, 4.69) is 29.8 Å². The Bertz CT molecular complexity index is 502. The van der Waals surface area contributed by atoms with E-state index in [1.807, 2.05) is 6.07 Å². The molecule has 1 aromatic heterocycles. The van der Waals surface area contributed by atoms with Crippen LogP contribution in [0.25, 0.3) is 10.9 Å². The number of fused-ring (bicyclic) bond motifs is 1. The molecular formula is C14H20N2O. The highest BCUT2D eigenvalue weighted by molar-refractivity contribution is 5.85. The molecule has 0 aliphatic rings. The van der Waals surface area contributed by atoms with Gasteiger partial charge in [0.15, 0.2) is 0 Å². The second-order valence-electron chi connectivity index (χ2n) is 4.23. The van der Waals surface area contributed by atoms with Gasteiger partial charge in [-0.1, -0.05) is 6.92 Å². The van der Waals surface area contributed by atoms with Gasteiger partial charge in [0.2, 0.25) is 0 Å². The quantitative estimate of drug-likeness (QED) is 0.860. The van der Waals surface area contributed by atoms with Gasteiger partial charge in [-0.25, -0.2) is 0 Å². The number of aromatic nitrogens is 1. The van der Waals surface area contributed by atoms with Gasteiger partial charge in [-0.15, -0.1) is 0 Å². The van der Waals surface area contributed by atoms with E-state index in [1.165, 1.54) is 16.5 Å². The summed E-state index contributed by atoms with van der Waals surface area (Å²) in [6.45, 7) is 3.89. The zero-order chi connectivity index (χ0) is 12.3. The molecule has 3 nitrogen and oxygen atoms in total. The molecule has 92 valence electrons. The van der Waals surface area contributed by atoms with Gasteiger partial charge in [-0.05, 0) is 37.1 Å². The fraction of sp³-hybridized carbons (Fsp3) is 0.429. The molecule has 0 saturated carbocycles. The first-order chi connectivity index (χ1) is 8.30. The molecular weight excluding hydrogens is 212 g/mol. The molecule has 0 unspecified atom stereocenters. The molecule has 1 aromatic carbocycles. The van der Waals surface area contributed by atoms with Gasteiger partial charge >= 0.3 is 0 Å². The molecule has 0 aliphatic carbocycles. The molecule has 0 spiro atoms. The maximum absolute atomic E-state index is 5.58. The normalized spacial score (nSPS) is 11.0. The van der Waals surface area contributed by atoms with Crippen LogP contribution in [0.5, 0.6) is 5.75 Å². The molecule has 0 radical (unpaired) electrons. The summed E-state index contributed by atoms with van der Waals surface area (Å²) in [7, 11) is 1.70. The van der Waals surface area contributed by atoms with Crippen LogP contribution < -0.4 is 10.5 Å². The highest BCUT2D eigenvalue weighted by atomic mass is 16.5. The molecule has 2 N–H and O–H groups in total. The maximum Gasteiger partial charge on any atom is 0.120 e. The molecule has 0 saturated heterocycles. The van der Waals surface area contributed by atoms with Crippen LogP contribution in [-0.2, 0) is 13.0 Å². The van der Waals surface area contributed by atoms with Crippen LogP contribution >= 0.6 is 0 Å². The fourth-order valence-corrected chi connectivity index (χ4v) is 2.20. The monoisotopic (exact) mass is 232 g/mol. The Morgan fingerprint density at radius 2 is 2.18 bits per heavy atom. The molecule has 0 aliphatic heterocycles. The average molecular weight is 232 g/mol. The minimum Gasteiger partial charge on any atom is -0.497 e. The van der Waals surface area contributed by atoms with Crippen LogP contribution in [0.2, 0.25) is 0 Å². The summed E-state index contributed by atoms with van der Waals surface area (Å²) in [6, 6.07) is 6.27. The Kier molecular flexibility index (Phi) is 3.69. The zero-order valence-corrected chi connectivity index (χ0v) is 10.6. The summed E-state index contributed by atoms with van der Waals surface area (Å²) in [5.74, 6) is 0.909. The van der Waals surface area contributed by atoms with E-state index < -0.39 is 0 Å². The summed E-state index contributed by atoms with van der Waals surface area (Å²) >= 11 is 0. The molecule has 0 amide bonds. The molecule has 0 atom stereocenters. The fourth-order valence-electron chi connectivity index (χ4n) is 2.20. The third-order valence-electron chi connectivity index (χ3n) is 3.16. The standard InChI is InChI=1S/C14H20N2O/c1-3-11-10-16(8-4-7-15)14-9-12(17-2)5-6-13(11)14/h5-6,9-10H,3-4,7-8,15H2,1-2H3. The minimum absolute atomic E-state index is 0.727. The van der Waals surface area contributed by atoms with Crippen molar-refractivity contribution >= 4 is 10.9 Å². The first kappa shape index (κ1) is 12.0. The second kappa shape index (κ2) is 5.23. The van der Waals surface area contributed by atoms with E-state index in [0.29, 0.717) is 0 Å². The lowest BCUT2D eigenvalue weighted by Gasteiger charge is -2.05. The van der Waals surface area contributed by atoms with Gasteiger partial charge in [-0.3, -0.25) is 0 Å². The van der Waals surface area contributed by atoms with Gasteiger partial charge in [0.25, 0.3) is 0 Å². The van der Waals surface area contributed by atoms with Crippen molar-refractivity contribution in [3.63, 3.8) is 0 Å². The molecule has 0 bridgehead atoms. The average Bonchev–Trinajstić information content (AvgIpc) is 2.73. The third-order valence-corrected chi connectivity index (χ3v) is 3.16. The Labute approximate surface area is 102 Å². The Balaban J connectivity index is 2.49. The molecule has 17 heavy (non-hydrogen) atoms. The number of nitrogens with zero attached hydrogens (tertiary/aromatic N) is 1. The highest BCUT2D eigenvalue weighted by Gasteiger charge is 2.07. The van der Waals surface area contributed by atoms with Crippen LogP contribution in [0.4, 0.5) is 0 Å². The number of hydrogen-bond acceptors (Lipinski definition) is 2. The van der Waals surface area contributed by atoms with Crippen molar-refractivity contribution in [2.75, 3.05) is 13.7 Å². The van der Waals surface area contributed by atoms with Crippen molar-refractivity contribution in [2.45, 2.75) is 26.3 Å². The SMILES string of the molecule is CCc1cn(CCCN)c2cc(OC)ccc12. The Morgan fingerprint density at radius 3 is 2.82 bits per heavy atom. The first-order valence-corrected chi connectivity index (χ1v) is 6.16. The van der Waals surface area contributed by atoms with Gasteiger partial charge < -0.3 is 15.0 Å².